The quantitative estimate of drug-likeness (QED) is 0.927. The fraction of sp³-hybridized carbons (Fsp3) is 0.471. The first-order chi connectivity index (χ1) is 9.72. The van der Waals surface area contributed by atoms with Gasteiger partial charge in [0, 0.05) is 18.3 Å². The van der Waals surface area contributed by atoms with Gasteiger partial charge in [0.25, 0.3) is 0 Å². The van der Waals surface area contributed by atoms with Crippen LogP contribution < -0.4 is 5.32 Å². The first-order valence-corrected chi connectivity index (χ1v) is 7.53. The third-order valence-electron chi connectivity index (χ3n) is 4.18. The number of piperidine rings is 1. The Bertz CT molecular complexity index is 580. The maximum atomic E-state index is 4.55. The first-order valence-electron chi connectivity index (χ1n) is 7.53. The Balaban J connectivity index is 1.77. The summed E-state index contributed by atoms with van der Waals surface area (Å²) in [7, 11) is 0. The largest absolute Gasteiger partial charge is 0.316 e. The van der Waals surface area contributed by atoms with Crippen molar-refractivity contribution in [3.05, 3.63) is 41.7 Å². The zero-order valence-electron chi connectivity index (χ0n) is 12.4. The zero-order valence-corrected chi connectivity index (χ0v) is 12.4. The molecule has 1 fully saturated rings. The van der Waals surface area contributed by atoms with Crippen LogP contribution in [0.15, 0.2) is 30.6 Å². The zero-order chi connectivity index (χ0) is 13.9. The molecule has 1 aromatic heterocycles. The number of benzene rings is 1. The minimum atomic E-state index is 0.718. The number of nitrogens with one attached hydrogen (secondary N) is 1. The standard InChI is InChI=1S/C17H23N3/c1-13-5-6-14(2)17(8-13)16-10-19-20(12-16)11-15-4-3-7-18-9-15/h5-6,8,10,12,15,18H,3-4,7,9,11H2,1-2H3. The molecule has 0 bridgehead atoms. The molecule has 106 valence electrons. The molecule has 1 aromatic carbocycles. The highest BCUT2D eigenvalue weighted by Gasteiger charge is 2.14. The maximum Gasteiger partial charge on any atom is 0.0568 e. The second kappa shape index (κ2) is 5.80. The van der Waals surface area contributed by atoms with E-state index < -0.39 is 0 Å². The minimum Gasteiger partial charge on any atom is -0.316 e. The molecule has 3 nitrogen and oxygen atoms in total. The molecule has 3 heteroatoms. The van der Waals surface area contributed by atoms with Gasteiger partial charge in [0.15, 0.2) is 0 Å². The lowest BCUT2D eigenvalue weighted by Gasteiger charge is -2.22. The Morgan fingerprint density at radius 3 is 3.05 bits per heavy atom. The Kier molecular flexibility index (Phi) is 3.88. The van der Waals surface area contributed by atoms with Crippen LogP contribution in [-0.4, -0.2) is 22.9 Å². The summed E-state index contributed by atoms with van der Waals surface area (Å²) in [4.78, 5) is 0. The summed E-state index contributed by atoms with van der Waals surface area (Å²) in [5.74, 6) is 0.718. The molecule has 1 aliphatic rings. The predicted octanol–water partition coefficient (Wildman–Crippen LogP) is 3.17. The summed E-state index contributed by atoms with van der Waals surface area (Å²) >= 11 is 0. The van der Waals surface area contributed by atoms with Gasteiger partial charge in [-0.15, -0.1) is 0 Å². The van der Waals surface area contributed by atoms with Crippen LogP contribution >= 0.6 is 0 Å². The van der Waals surface area contributed by atoms with Crippen molar-refractivity contribution < 1.29 is 0 Å². The highest BCUT2D eigenvalue weighted by Crippen LogP contribution is 2.24. The van der Waals surface area contributed by atoms with Gasteiger partial charge in [0.2, 0.25) is 0 Å². The molecule has 3 rings (SSSR count). The van der Waals surface area contributed by atoms with Crippen molar-refractivity contribution in [1.29, 1.82) is 0 Å². The van der Waals surface area contributed by atoms with Gasteiger partial charge < -0.3 is 5.32 Å². The molecular weight excluding hydrogens is 246 g/mol. The van der Waals surface area contributed by atoms with E-state index in [4.69, 9.17) is 0 Å². The monoisotopic (exact) mass is 269 g/mol. The van der Waals surface area contributed by atoms with Crippen LogP contribution in [0.5, 0.6) is 0 Å². The summed E-state index contributed by atoms with van der Waals surface area (Å²) < 4.78 is 2.11. The van der Waals surface area contributed by atoms with E-state index in [1.54, 1.807) is 0 Å². The molecule has 0 saturated carbocycles. The third kappa shape index (κ3) is 2.93. The Labute approximate surface area is 121 Å². The topological polar surface area (TPSA) is 29.9 Å². The fourth-order valence-corrected chi connectivity index (χ4v) is 2.99. The summed E-state index contributed by atoms with van der Waals surface area (Å²) in [6, 6.07) is 6.60. The predicted molar refractivity (Wildman–Crippen MR) is 82.7 cm³/mol. The van der Waals surface area contributed by atoms with Crippen molar-refractivity contribution in [2.75, 3.05) is 13.1 Å². The number of nitrogens with zero attached hydrogens (tertiary/aromatic N) is 2. The van der Waals surface area contributed by atoms with Gasteiger partial charge in [-0.1, -0.05) is 23.8 Å². The fourth-order valence-electron chi connectivity index (χ4n) is 2.99. The lowest BCUT2D eigenvalue weighted by molar-refractivity contribution is 0.325. The molecule has 1 aliphatic heterocycles. The van der Waals surface area contributed by atoms with Crippen LogP contribution in [0.25, 0.3) is 11.1 Å². The molecule has 0 aliphatic carbocycles. The van der Waals surface area contributed by atoms with E-state index in [1.807, 2.05) is 6.20 Å². The molecule has 0 amide bonds. The van der Waals surface area contributed by atoms with E-state index in [-0.39, 0.29) is 0 Å². The number of hydrogen-bond acceptors (Lipinski definition) is 2. The lowest BCUT2D eigenvalue weighted by Crippen LogP contribution is -2.32. The van der Waals surface area contributed by atoms with Crippen LogP contribution in [0.1, 0.15) is 24.0 Å². The van der Waals surface area contributed by atoms with Crippen LogP contribution in [0.2, 0.25) is 0 Å². The van der Waals surface area contributed by atoms with Gasteiger partial charge in [-0.05, 0) is 56.8 Å². The van der Waals surface area contributed by atoms with Gasteiger partial charge >= 0.3 is 0 Å². The number of aromatic nitrogens is 2. The summed E-state index contributed by atoms with van der Waals surface area (Å²) in [5, 5.41) is 8.02. The second-order valence-corrected chi connectivity index (χ2v) is 5.98. The number of aryl methyl sites for hydroxylation is 2. The molecular formula is C17H23N3. The SMILES string of the molecule is Cc1ccc(C)c(-c2cnn(CC3CCCNC3)c2)c1. The van der Waals surface area contributed by atoms with Crippen LogP contribution in [-0.2, 0) is 6.54 Å². The highest BCUT2D eigenvalue weighted by atomic mass is 15.3. The van der Waals surface area contributed by atoms with Gasteiger partial charge in [-0.2, -0.15) is 5.10 Å². The average Bonchev–Trinajstić information content (AvgIpc) is 2.91. The maximum absolute atomic E-state index is 4.55. The van der Waals surface area contributed by atoms with Gasteiger partial charge in [-0.3, -0.25) is 4.68 Å². The van der Waals surface area contributed by atoms with Gasteiger partial charge in [0.1, 0.15) is 0 Å². The molecule has 1 N–H and O–H groups in total. The van der Waals surface area contributed by atoms with E-state index in [2.05, 4.69) is 53.3 Å². The second-order valence-electron chi connectivity index (χ2n) is 5.98. The molecule has 0 radical (unpaired) electrons. The Morgan fingerprint density at radius 2 is 2.25 bits per heavy atom. The Morgan fingerprint density at radius 1 is 1.35 bits per heavy atom. The van der Waals surface area contributed by atoms with Crippen molar-refractivity contribution in [1.82, 2.24) is 15.1 Å². The Hall–Kier alpha value is -1.61. The molecule has 2 heterocycles. The van der Waals surface area contributed by atoms with Crippen LogP contribution in [0.4, 0.5) is 0 Å². The van der Waals surface area contributed by atoms with Crippen molar-refractivity contribution in [3.63, 3.8) is 0 Å². The minimum absolute atomic E-state index is 0.718. The molecule has 1 atom stereocenters. The summed E-state index contributed by atoms with van der Waals surface area (Å²) in [6.45, 7) is 7.62. The van der Waals surface area contributed by atoms with Crippen molar-refractivity contribution in [2.24, 2.45) is 5.92 Å². The normalized spacial score (nSPS) is 19.2. The number of rotatable bonds is 3. The van der Waals surface area contributed by atoms with Crippen molar-refractivity contribution >= 4 is 0 Å². The van der Waals surface area contributed by atoms with Crippen LogP contribution in [0, 0.1) is 19.8 Å². The van der Waals surface area contributed by atoms with Gasteiger partial charge in [0.05, 0.1) is 6.20 Å². The van der Waals surface area contributed by atoms with E-state index in [1.165, 1.54) is 41.6 Å². The van der Waals surface area contributed by atoms with E-state index in [0.29, 0.717) is 0 Å². The molecule has 0 spiro atoms. The molecule has 20 heavy (non-hydrogen) atoms. The molecule has 2 aromatic rings. The van der Waals surface area contributed by atoms with E-state index in [9.17, 15) is 0 Å². The van der Waals surface area contributed by atoms with Crippen molar-refractivity contribution in [3.8, 4) is 11.1 Å². The van der Waals surface area contributed by atoms with Crippen LogP contribution in [0.3, 0.4) is 0 Å². The average molecular weight is 269 g/mol. The molecule has 1 saturated heterocycles. The lowest BCUT2D eigenvalue weighted by atomic mass is 9.99. The van der Waals surface area contributed by atoms with E-state index in [0.717, 1.165) is 19.0 Å². The van der Waals surface area contributed by atoms with E-state index >= 15 is 0 Å². The van der Waals surface area contributed by atoms with Crippen molar-refractivity contribution in [2.45, 2.75) is 33.2 Å². The summed E-state index contributed by atoms with van der Waals surface area (Å²) in [6.07, 6.45) is 6.79. The molecule has 1 unspecified atom stereocenters. The number of hydrogen-bond donors (Lipinski definition) is 1. The summed E-state index contributed by atoms with van der Waals surface area (Å²) in [5.41, 5.74) is 5.15. The third-order valence-corrected chi connectivity index (χ3v) is 4.18. The smallest absolute Gasteiger partial charge is 0.0568 e. The first kappa shape index (κ1) is 13.4. The highest BCUT2D eigenvalue weighted by molar-refractivity contribution is 5.66. The van der Waals surface area contributed by atoms with Gasteiger partial charge in [-0.25, -0.2) is 0 Å².